The van der Waals surface area contributed by atoms with Gasteiger partial charge in [-0.25, -0.2) is 4.98 Å². The molecule has 3 rings (SSSR count). The number of nitrogens with one attached hydrogen (secondary N) is 1. The van der Waals surface area contributed by atoms with Crippen LogP contribution in [0.15, 0.2) is 23.3 Å². The van der Waals surface area contributed by atoms with E-state index < -0.39 is 0 Å². The molecule has 21 heavy (non-hydrogen) atoms. The molecule has 0 saturated carbocycles. The Morgan fingerprint density at radius 1 is 1.29 bits per heavy atom. The molecule has 0 spiro atoms. The second-order valence-electron chi connectivity index (χ2n) is 5.07. The predicted octanol–water partition coefficient (Wildman–Crippen LogP) is 0.927. The van der Waals surface area contributed by atoms with Gasteiger partial charge < -0.3 is 19.9 Å². The number of aromatic nitrogens is 1. The fourth-order valence-electron chi connectivity index (χ4n) is 2.53. The van der Waals surface area contributed by atoms with Crippen molar-refractivity contribution in [2.45, 2.75) is 6.54 Å². The van der Waals surface area contributed by atoms with Gasteiger partial charge in [-0.2, -0.15) is 0 Å². The van der Waals surface area contributed by atoms with E-state index in [0.29, 0.717) is 0 Å². The van der Waals surface area contributed by atoms with Gasteiger partial charge in [-0.3, -0.25) is 4.99 Å². The molecule has 0 amide bonds. The SMILES string of the molecule is CN1CCN=C1NCc1cccnc1N1CCOCC1.I. The third-order valence-electron chi connectivity index (χ3n) is 3.67. The zero-order valence-corrected chi connectivity index (χ0v) is 14.6. The quantitative estimate of drug-likeness (QED) is 0.762. The lowest BCUT2D eigenvalue weighted by Gasteiger charge is -2.29. The minimum absolute atomic E-state index is 0. The Morgan fingerprint density at radius 2 is 2.10 bits per heavy atom. The highest BCUT2D eigenvalue weighted by Crippen LogP contribution is 2.18. The molecule has 6 nitrogen and oxygen atoms in total. The number of halogens is 1. The van der Waals surface area contributed by atoms with Crippen molar-refractivity contribution in [1.82, 2.24) is 15.2 Å². The fourth-order valence-corrected chi connectivity index (χ4v) is 2.53. The maximum absolute atomic E-state index is 5.41. The molecule has 1 N–H and O–H groups in total. The van der Waals surface area contributed by atoms with Crippen LogP contribution in [0.3, 0.4) is 0 Å². The van der Waals surface area contributed by atoms with Crippen molar-refractivity contribution in [2.24, 2.45) is 4.99 Å². The molecule has 3 heterocycles. The van der Waals surface area contributed by atoms with Crippen LogP contribution in [0.5, 0.6) is 0 Å². The molecule has 0 atom stereocenters. The van der Waals surface area contributed by atoms with Gasteiger partial charge in [0.1, 0.15) is 5.82 Å². The maximum atomic E-state index is 5.41. The summed E-state index contributed by atoms with van der Waals surface area (Å²) in [7, 11) is 2.06. The van der Waals surface area contributed by atoms with E-state index in [1.807, 2.05) is 12.3 Å². The van der Waals surface area contributed by atoms with E-state index in [-0.39, 0.29) is 24.0 Å². The fraction of sp³-hybridized carbons (Fsp3) is 0.571. The number of likely N-dealkylation sites (N-methyl/N-ethyl adjacent to an activating group) is 1. The van der Waals surface area contributed by atoms with Gasteiger partial charge in [-0.05, 0) is 6.07 Å². The van der Waals surface area contributed by atoms with Crippen molar-refractivity contribution in [3.05, 3.63) is 23.9 Å². The normalized spacial score (nSPS) is 18.2. The van der Waals surface area contributed by atoms with Crippen LogP contribution in [-0.4, -0.2) is 62.3 Å². The van der Waals surface area contributed by atoms with E-state index in [9.17, 15) is 0 Å². The topological polar surface area (TPSA) is 53.0 Å². The molecular formula is C14H22IN5O. The molecular weight excluding hydrogens is 381 g/mol. The van der Waals surface area contributed by atoms with Crippen molar-refractivity contribution in [3.8, 4) is 0 Å². The first-order chi connectivity index (χ1) is 9.84. The third kappa shape index (κ3) is 3.97. The van der Waals surface area contributed by atoms with Crippen LogP contribution in [0.25, 0.3) is 0 Å². The molecule has 116 valence electrons. The first kappa shape index (κ1) is 16.3. The van der Waals surface area contributed by atoms with Gasteiger partial charge in [-0.15, -0.1) is 24.0 Å². The Hall–Kier alpha value is -1.09. The molecule has 0 bridgehead atoms. The standard InChI is InChI=1S/C14H21N5O.HI/c1-18-6-5-16-14(18)17-11-12-3-2-4-15-13(12)19-7-9-20-10-8-19;/h2-4H,5-11H2,1H3,(H,16,17);1H. The van der Waals surface area contributed by atoms with Gasteiger partial charge in [0.2, 0.25) is 0 Å². The zero-order valence-electron chi connectivity index (χ0n) is 12.3. The van der Waals surface area contributed by atoms with Crippen LogP contribution in [-0.2, 0) is 11.3 Å². The van der Waals surface area contributed by atoms with Crippen LogP contribution < -0.4 is 10.2 Å². The first-order valence-corrected chi connectivity index (χ1v) is 7.10. The average molecular weight is 403 g/mol. The average Bonchev–Trinajstić information content (AvgIpc) is 2.92. The van der Waals surface area contributed by atoms with E-state index in [1.54, 1.807) is 0 Å². The monoisotopic (exact) mass is 403 g/mol. The summed E-state index contributed by atoms with van der Waals surface area (Å²) >= 11 is 0. The van der Waals surface area contributed by atoms with Gasteiger partial charge in [0.05, 0.1) is 19.8 Å². The van der Waals surface area contributed by atoms with Crippen molar-refractivity contribution < 1.29 is 4.74 Å². The van der Waals surface area contributed by atoms with E-state index in [2.05, 4.69) is 38.2 Å². The van der Waals surface area contributed by atoms with Gasteiger partial charge >= 0.3 is 0 Å². The number of anilines is 1. The Kier molecular flexibility index (Phi) is 6.04. The lowest BCUT2D eigenvalue weighted by Crippen LogP contribution is -2.38. The number of hydrogen-bond donors (Lipinski definition) is 1. The van der Waals surface area contributed by atoms with Gasteiger partial charge in [0.15, 0.2) is 5.96 Å². The summed E-state index contributed by atoms with van der Waals surface area (Å²) in [4.78, 5) is 13.4. The summed E-state index contributed by atoms with van der Waals surface area (Å²) in [5.74, 6) is 2.03. The summed E-state index contributed by atoms with van der Waals surface area (Å²) < 4.78 is 5.41. The second kappa shape index (κ2) is 7.79. The molecule has 0 aromatic carbocycles. The lowest BCUT2D eigenvalue weighted by atomic mass is 10.2. The first-order valence-electron chi connectivity index (χ1n) is 7.10. The van der Waals surface area contributed by atoms with Crippen molar-refractivity contribution in [3.63, 3.8) is 0 Å². The Balaban J connectivity index is 0.00000161. The van der Waals surface area contributed by atoms with Crippen LogP contribution in [0.1, 0.15) is 5.56 Å². The highest BCUT2D eigenvalue weighted by atomic mass is 127. The summed E-state index contributed by atoms with van der Waals surface area (Å²) in [6.07, 6.45) is 1.85. The zero-order chi connectivity index (χ0) is 13.8. The summed E-state index contributed by atoms with van der Waals surface area (Å²) in [6, 6.07) is 4.11. The number of guanidine groups is 1. The molecule has 1 aromatic heterocycles. The van der Waals surface area contributed by atoms with Crippen LogP contribution >= 0.6 is 24.0 Å². The third-order valence-corrected chi connectivity index (χ3v) is 3.67. The van der Waals surface area contributed by atoms with Crippen LogP contribution in [0.2, 0.25) is 0 Å². The number of hydrogen-bond acceptors (Lipinski definition) is 6. The van der Waals surface area contributed by atoms with E-state index >= 15 is 0 Å². The minimum Gasteiger partial charge on any atom is -0.378 e. The summed E-state index contributed by atoms with van der Waals surface area (Å²) in [5, 5.41) is 3.41. The largest absolute Gasteiger partial charge is 0.378 e. The summed E-state index contributed by atoms with van der Waals surface area (Å²) in [5.41, 5.74) is 1.21. The van der Waals surface area contributed by atoms with Gasteiger partial charge in [-0.1, -0.05) is 6.07 Å². The second-order valence-corrected chi connectivity index (χ2v) is 5.07. The van der Waals surface area contributed by atoms with Gasteiger partial charge in [0.25, 0.3) is 0 Å². The number of aliphatic imine (C=N–C) groups is 1. The van der Waals surface area contributed by atoms with E-state index in [0.717, 1.165) is 57.7 Å². The lowest BCUT2D eigenvalue weighted by molar-refractivity contribution is 0.122. The molecule has 2 aliphatic rings. The minimum atomic E-state index is 0. The molecule has 2 aliphatic heterocycles. The Labute approximate surface area is 142 Å². The molecule has 0 radical (unpaired) electrons. The predicted molar refractivity (Wildman–Crippen MR) is 94.5 cm³/mol. The molecule has 0 unspecified atom stereocenters. The highest BCUT2D eigenvalue weighted by Gasteiger charge is 2.17. The van der Waals surface area contributed by atoms with Crippen LogP contribution in [0.4, 0.5) is 5.82 Å². The number of nitrogens with zero attached hydrogens (tertiary/aromatic N) is 4. The highest BCUT2D eigenvalue weighted by molar-refractivity contribution is 14.0. The molecule has 1 aromatic rings. The summed E-state index contributed by atoms with van der Waals surface area (Å²) in [6.45, 7) is 5.99. The van der Waals surface area contributed by atoms with Crippen LogP contribution in [0, 0.1) is 0 Å². The molecule has 1 saturated heterocycles. The van der Waals surface area contributed by atoms with E-state index in [1.165, 1.54) is 5.56 Å². The number of pyridine rings is 1. The Bertz CT molecular complexity index is 490. The Morgan fingerprint density at radius 3 is 2.81 bits per heavy atom. The van der Waals surface area contributed by atoms with Crippen molar-refractivity contribution in [2.75, 3.05) is 51.3 Å². The molecule has 0 aliphatic carbocycles. The maximum Gasteiger partial charge on any atom is 0.194 e. The number of ether oxygens (including phenoxy) is 1. The smallest absolute Gasteiger partial charge is 0.194 e. The molecule has 7 heteroatoms. The number of morpholine rings is 1. The van der Waals surface area contributed by atoms with Gasteiger partial charge in [0, 0.05) is 45.0 Å². The number of rotatable bonds is 3. The molecule has 1 fully saturated rings. The van der Waals surface area contributed by atoms with Crippen molar-refractivity contribution >= 4 is 35.8 Å². The van der Waals surface area contributed by atoms with E-state index in [4.69, 9.17) is 4.74 Å². The van der Waals surface area contributed by atoms with Crippen molar-refractivity contribution in [1.29, 1.82) is 0 Å².